The highest BCUT2D eigenvalue weighted by molar-refractivity contribution is 5.91. The van der Waals surface area contributed by atoms with Crippen molar-refractivity contribution < 1.29 is 9.18 Å². The minimum atomic E-state index is -0.683. The summed E-state index contributed by atoms with van der Waals surface area (Å²) in [5, 5.41) is 2.98. The Kier molecular flexibility index (Phi) is 5.12. The lowest BCUT2D eigenvalue weighted by atomic mass is 9.94. The Balaban J connectivity index is 1.50. The smallest absolute Gasteiger partial charge is 0.252 e. The molecule has 0 unspecified atom stereocenters. The van der Waals surface area contributed by atoms with Crippen LogP contribution in [0.3, 0.4) is 0 Å². The lowest BCUT2D eigenvalue weighted by Gasteiger charge is -2.33. The zero-order valence-corrected chi connectivity index (χ0v) is 16.7. The van der Waals surface area contributed by atoms with Crippen LogP contribution in [0.2, 0.25) is 0 Å². The van der Waals surface area contributed by atoms with Gasteiger partial charge in [-0.25, -0.2) is 9.37 Å². The van der Waals surface area contributed by atoms with Gasteiger partial charge >= 0.3 is 0 Å². The number of nitrogens with zero attached hydrogens (tertiary/aromatic N) is 3. The number of hydrogen-bond donors (Lipinski definition) is 2. The van der Waals surface area contributed by atoms with Crippen molar-refractivity contribution in [2.24, 2.45) is 0 Å². The van der Waals surface area contributed by atoms with E-state index >= 15 is 0 Å². The van der Waals surface area contributed by atoms with E-state index in [2.05, 4.69) is 32.1 Å². The number of hydrogen-bond acceptors (Lipinski definition) is 5. The topological polar surface area (TPSA) is 81.3 Å². The fourth-order valence-corrected chi connectivity index (χ4v) is 3.82. The van der Waals surface area contributed by atoms with Crippen LogP contribution >= 0.6 is 0 Å². The van der Waals surface area contributed by atoms with Crippen LogP contribution in [0.25, 0.3) is 0 Å². The predicted molar refractivity (Wildman–Crippen MR) is 108 cm³/mol. The van der Waals surface area contributed by atoms with Gasteiger partial charge in [-0.15, -0.1) is 0 Å². The summed E-state index contributed by atoms with van der Waals surface area (Å²) in [6.45, 7) is 5.18. The standard InChI is InChI=1S/C21H26FN5O2/c1-14(23-19(29)21(6-7-21)15-4-3-5-16(22)12-15)17-13-18(28)25-20(24-17)27-10-8-26(2)9-11-27/h3-5,12-14H,6-11H2,1-2H3,(H,23,29)(H,24,25,28)/t14-/m1/s1. The van der Waals surface area contributed by atoms with Gasteiger partial charge in [-0.05, 0) is 44.5 Å². The number of likely N-dealkylation sites (N-methyl/N-ethyl adjacent to an activating group) is 1. The monoisotopic (exact) mass is 399 g/mol. The molecule has 2 fully saturated rings. The van der Waals surface area contributed by atoms with Gasteiger partial charge in [-0.2, -0.15) is 0 Å². The van der Waals surface area contributed by atoms with Crippen LogP contribution in [-0.4, -0.2) is 54.0 Å². The van der Waals surface area contributed by atoms with Crippen molar-refractivity contribution in [1.29, 1.82) is 0 Å². The summed E-state index contributed by atoms with van der Waals surface area (Å²) >= 11 is 0. The van der Waals surface area contributed by atoms with Gasteiger partial charge in [0.15, 0.2) is 0 Å². The molecule has 4 rings (SSSR count). The minimum Gasteiger partial charge on any atom is -0.347 e. The normalized spacial score (nSPS) is 19.6. The number of nitrogens with one attached hydrogen (secondary N) is 2. The highest BCUT2D eigenvalue weighted by Gasteiger charge is 2.51. The Hall–Kier alpha value is -2.74. The lowest BCUT2D eigenvalue weighted by molar-refractivity contribution is -0.124. The molecule has 154 valence electrons. The molecule has 0 bridgehead atoms. The lowest BCUT2D eigenvalue weighted by Crippen LogP contribution is -2.45. The van der Waals surface area contributed by atoms with Crippen LogP contribution in [0.15, 0.2) is 35.1 Å². The van der Waals surface area contributed by atoms with Crippen molar-refractivity contribution in [3.8, 4) is 0 Å². The molecule has 1 atom stereocenters. The van der Waals surface area contributed by atoms with Gasteiger partial charge in [0, 0.05) is 32.2 Å². The van der Waals surface area contributed by atoms with E-state index in [1.54, 1.807) is 12.1 Å². The summed E-state index contributed by atoms with van der Waals surface area (Å²) in [5.74, 6) is 0.0366. The molecule has 1 saturated carbocycles. The largest absolute Gasteiger partial charge is 0.347 e. The van der Waals surface area contributed by atoms with Gasteiger partial charge in [-0.3, -0.25) is 14.6 Å². The van der Waals surface area contributed by atoms with Crippen molar-refractivity contribution in [2.45, 2.75) is 31.2 Å². The Bertz CT molecular complexity index is 964. The van der Waals surface area contributed by atoms with Gasteiger partial charge in [0.1, 0.15) is 5.82 Å². The minimum absolute atomic E-state index is 0.154. The van der Waals surface area contributed by atoms with Crippen molar-refractivity contribution in [3.05, 3.63) is 57.8 Å². The number of piperazine rings is 1. The molecule has 1 amide bonds. The third-order valence-electron chi connectivity index (χ3n) is 5.90. The first-order chi connectivity index (χ1) is 13.9. The van der Waals surface area contributed by atoms with Crippen LogP contribution in [0.4, 0.5) is 10.3 Å². The van der Waals surface area contributed by atoms with E-state index in [1.807, 2.05) is 6.92 Å². The number of benzene rings is 1. The first kappa shape index (κ1) is 19.6. The molecule has 8 heteroatoms. The second-order valence-corrected chi connectivity index (χ2v) is 8.07. The molecular weight excluding hydrogens is 373 g/mol. The summed E-state index contributed by atoms with van der Waals surface area (Å²) < 4.78 is 13.6. The molecule has 0 radical (unpaired) electrons. The first-order valence-electron chi connectivity index (χ1n) is 9.99. The second-order valence-electron chi connectivity index (χ2n) is 8.07. The van der Waals surface area contributed by atoms with E-state index in [1.165, 1.54) is 18.2 Å². The molecule has 2 aliphatic rings. The van der Waals surface area contributed by atoms with Crippen LogP contribution in [0, 0.1) is 5.82 Å². The Morgan fingerprint density at radius 2 is 1.97 bits per heavy atom. The number of anilines is 1. The molecule has 1 aromatic carbocycles. The number of amides is 1. The van der Waals surface area contributed by atoms with Crippen LogP contribution < -0.4 is 15.8 Å². The van der Waals surface area contributed by atoms with Gasteiger partial charge in [0.2, 0.25) is 11.9 Å². The molecule has 2 heterocycles. The molecule has 1 aromatic heterocycles. The summed E-state index contributed by atoms with van der Waals surface area (Å²) in [5.41, 5.74) is 0.291. The molecule has 2 aromatic rings. The fraction of sp³-hybridized carbons (Fsp3) is 0.476. The zero-order valence-electron chi connectivity index (χ0n) is 16.7. The highest BCUT2D eigenvalue weighted by atomic mass is 19.1. The summed E-state index contributed by atoms with van der Waals surface area (Å²) in [6, 6.07) is 7.21. The number of aromatic nitrogens is 2. The van der Waals surface area contributed by atoms with E-state index in [-0.39, 0.29) is 17.3 Å². The molecule has 0 spiro atoms. The third-order valence-corrected chi connectivity index (χ3v) is 5.90. The maximum atomic E-state index is 13.6. The van der Waals surface area contributed by atoms with Gasteiger partial charge in [0.25, 0.3) is 5.56 Å². The number of aromatic amines is 1. The average molecular weight is 399 g/mol. The molecule has 1 saturated heterocycles. The summed E-state index contributed by atoms with van der Waals surface area (Å²) in [4.78, 5) is 36.8. The van der Waals surface area contributed by atoms with E-state index in [0.29, 0.717) is 30.0 Å². The molecule has 29 heavy (non-hydrogen) atoms. The Morgan fingerprint density at radius 3 is 2.62 bits per heavy atom. The molecule has 2 N–H and O–H groups in total. The summed E-state index contributed by atoms with van der Waals surface area (Å²) in [7, 11) is 2.06. The van der Waals surface area contributed by atoms with E-state index in [9.17, 15) is 14.0 Å². The Morgan fingerprint density at radius 1 is 1.24 bits per heavy atom. The average Bonchev–Trinajstić information content (AvgIpc) is 3.50. The second kappa shape index (κ2) is 7.59. The van der Waals surface area contributed by atoms with Gasteiger partial charge < -0.3 is 15.1 Å². The fourth-order valence-electron chi connectivity index (χ4n) is 3.82. The zero-order chi connectivity index (χ0) is 20.6. The quantitative estimate of drug-likeness (QED) is 0.798. The van der Waals surface area contributed by atoms with Crippen molar-refractivity contribution in [2.75, 3.05) is 38.1 Å². The van der Waals surface area contributed by atoms with Crippen LogP contribution in [0.1, 0.15) is 37.1 Å². The van der Waals surface area contributed by atoms with Crippen molar-refractivity contribution in [3.63, 3.8) is 0 Å². The molecule has 1 aliphatic heterocycles. The van der Waals surface area contributed by atoms with Gasteiger partial charge in [0.05, 0.1) is 17.2 Å². The highest BCUT2D eigenvalue weighted by Crippen LogP contribution is 2.48. The van der Waals surface area contributed by atoms with Crippen LogP contribution in [0.5, 0.6) is 0 Å². The molecule has 1 aliphatic carbocycles. The maximum absolute atomic E-state index is 13.6. The number of carbonyl (C=O) groups is 1. The number of carbonyl (C=O) groups excluding carboxylic acids is 1. The van der Waals surface area contributed by atoms with Crippen molar-refractivity contribution in [1.82, 2.24) is 20.2 Å². The van der Waals surface area contributed by atoms with E-state index in [4.69, 9.17) is 0 Å². The Labute approximate surface area is 168 Å². The molecule has 7 nitrogen and oxygen atoms in total. The number of rotatable bonds is 5. The predicted octanol–water partition coefficient (Wildman–Crippen LogP) is 1.57. The number of H-pyrrole nitrogens is 1. The van der Waals surface area contributed by atoms with E-state index < -0.39 is 11.5 Å². The van der Waals surface area contributed by atoms with Crippen molar-refractivity contribution >= 4 is 11.9 Å². The first-order valence-corrected chi connectivity index (χ1v) is 9.99. The molecular formula is C21H26FN5O2. The maximum Gasteiger partial charge on any atom is 0.252 e. The van der Waals surface area contributed by atoms with Crippen LogP contribution in [-0.2, 0) is 10.2 Å². The number of halogens is 1. The van der Waals surface area contributed by atoms with Gasteiger partial charge in [-0.1, -0.05) is 12.1 Å². The SMILES string of the molecule is C[C@@H](NC(=O)C1(c2cccc(F)c2)CC1)c1cc(=O)[nH]c(N2CCN(C)CC2)n1. The third kappa shape index (κ3) is 4.03. The summed E-state index contributed by atoms with van der Waals surface area (Å²) in [6.07, 6.45) is 1.37. The van der Waals surface area contributed by atoms with E-state index in [0.717, 1.165) is 26.2 Å².